The van der Waals surface area contributed by atoms with Gasteiger partial charge in [-0.3, -0.25) is 0 Å². The third kappa shape index (κ3) is 5.13. The first kappa shape index (κ1) is 14.8. The van der Waals surface area contributed by atoms with Gasteiger partial charge < -0.3 is 10.1 Å². The van der Waals surface area contributed by atoms with E-state index in [-0.39, 0.29) is 0 Å². The van der Waals surface area contributed by atoms with Crippen LogP contribution in [0, 0.1) is 0 Å². The smallest absolute Gasteiger partial charge is 0.0594 e. The van der Waals surface area contributed by atoms with Gasteiger partial charge in [0.05, 0.1) is 12.7 Å². The molecule has 1 aliphatic rings. The largest absolute Gasteiger partial charge is 0.377 e. The number of hydrogen-bond donors (Lipinski definition) is 1. The molecule has 2 rings (SSSR count). The molecular weight excluding hydrogens is 258 g/mol. The lowest BCUT2D eigenvalue weighted by Gasteiger charge is -2.22. The molecule has 1 fully saturated rings. The van der Waals surface area contributed by atoms with Gasteiger partial charge in [-0.05, 0) is 37.5 Å². The third-order valence-corrected chi connectivity index (χ3v) is 4.08. The van der Waals surface area contributed by atoms with E-state index in [1.54, 1.807) is 0 Å². The second-order valence-corrected chi connectivity index (χ2v) is 5.79. The number of benzene rings is 1. The van der Waals surface area contributed by atoms with E-state index >= 15 is 0 Å². The zero-order valence-electron chi connectivity index (χ0n) is 11.7. The van der Waals surface area contributed by atoms with Crippen molar-refractivity contribution in [2.45, 2.75) is 51.2 Å². The van der Waals surface area contributed by atoms with Crippen LogP contribution in [0.3, 0.4) is 0 Å². The summed E-state index contributed by atoms with van der Waals surface area (Å²) in [6.45, 7) is 3.88. The minimum absolute atomic E-state index is 0.340. The zero-order valence-corrected chi connectivity index (χ0v) is 12.5. The van der Waals surface area contributed by atoms with Gasteiger partial charge in [0.1, 0.15) is 0 Å². The summed E-state index contributed by atoms with van der Waals surface area (Å²) in [4.78, 5) is 0. The summed E-state index contributed by atoms with van der Waals surface area (Å²) in [5, 5.41) is 4.28. The van der Waals surface area contributed by atoms with Crippen LogP contribution in [-0.4, -0.2) is 19.3 Å². The van der Waals surface area contributed by atoms with E-state index in [4.69, 9.17) is 16.3 Å². The quantitative estimate of drug-likeness (QED) is 0.783. The highest BCUT2D eigenvalue weighted by Gasteiger charge is 2.13. The Morgan fingerprint density at radius 2 is 1.89 bits per heavy atom. The van der Waals surface area contributed by atoms with Crippen LogP contribution < -0.4 is 5.32 Å². The Balaban J connectivity index is 1.63. The summed E-state index contributed by atoms with van der Waals surface area (Å²) in [7, 11) is 0. The number of nitrogens with one attached hydrogen (secondary N) is 1. The summed E-state index contributed by atoms with van der Waals surface area (Å²) in [5.41, 5.74) is 1.27. The van der Waals surface area contributed by atoms with Gasteiger partial charge in [0.25, 0.3) is 0 Å². The molecule has 0 spiro atoms. The van der Waals surface area contributed by atoms with Crippen molar-refractivity contribution in [3.8, 4) is 0 Å². The summed E-state index contributed by atoms with van der Waals surface area (Å²) >= 11 is 5.89. The standard InChI is InChI=1S/C16H24ClNO/c1-13(14-7-9-15(17)10-8-14)18-11-12-19-16-5-3-2-4-6-16/h7-10,13,16,18H,2-6,11-12H2,1H3. The van der Waals surface area contributed by atoms with Crippen LogP contribution in [0.5, 0.6) is 0 Å². The Hall–Kier alpha value is -0.570. The molecule has 1 saturated carbocycles. The normalized spacial score (nSPS) is 18.4. The van der Waals surface area contributed by atoms with Crippen molar-refractivity contribution in [2.75, 3.05) is 13.2 Å². The van der Waals surface area contributed by atoms with Crippen LogP contribution in [0.2, 0.25) is 5.02 Å². The summed E-state index contributed by atoms with van der Waals surface area (Å²) in [5.74, 6) is 0. The Bertz CT molecular complexity index is 360. The van der Waals surface area contributed by atoms with Crippen molar-refractivity contribution in [1.29, 1.82) is 0 Å². The molecule has 0 aliphatic heterocycles. The molecule has 1 N–H and O–H groups in total. The molecule has 0 saturated heterocycles. The fourth-order valence-electron chi connectivity index (χ4n) is 2.60. The van der Waals surface area contributed by atoms with E-state index in [0.717, 1.165) is 18.2 Å². The average Bonchev–Trinajstić information content (AvgIpc) is 2.45. The van der Waals surface area contributed by atoms with Crippen molar-refractivity contribution in [1.82, 2.24) is 5.32 Å². The topological polar surface area (TPSA) is 21.3 Å². The Morgan fingerprint density at radius 1 is 1.21 bits per heavy atom. The fourth-order valence-corrected chi connectivity index (χ4v) is 2.73. The molecule has 0 amide bonds. The molecule has 106 valence electrons. The van der Waals surface area contributed by atoms with E-state index in [1.165, 1.54) is 37.7 Å². The molecule has 19 heavy (non-hydrogen) atoms. The minimum atomic E-state index is 0.340. The van der Waals surface area contributed by atoms with Gasteiger partial charge >= 0.3 is 0 Å². The van der Waals surface area contributed by atoms with Crippen LogP contribution in [0.1, 0.15) is 50.6 Å². The number of hydrogen-bond acceptors (Lipinski definition) is 2. The Morgan fingerprint density at radius 3 is 2.58 bits per heavy atom. The van der Waals surface area contributed by atoms with E-state index in [1.807, 2.05) is 12.1 Å². The predicted molar refractivity (Wildman–Crippen MR) is 80.7 cm³/mol. The second kappa shape index (κ2) is 7.88. The third-order valence-electron chi connectivity index (χ3n) is 3.83. The van der Waals surface area contributed by atoms with Crippen molar-refractivity contribution < 1.29 is 4.74 Å². The van der Waals surface area contributed by atoms with Crippen molar-refractivity contribution in [3.05, 3.63) is 34.9 Å². The monoisotopic (exact) mass is 281 g/mol. The minimum Gasteiger partial charge on any atom is -0.377 e. The van der Waals surface area contributed by atoms with Gasteiger partial charge in [-0.15, -0.1) is 0 Å². The first-order chi connectivity index (χ1) is 9.25. The number of ether oxygens (including phenoxy) is 1. The van der Waals surface area contributed by atoms with Gasteiger partial charge in [0.15, 0.2) is 0 Å². The maximum Gasteiger partial charge on any atom is 0.0594 e. The lowest BCUT2D eigenvalue weighted by molar-refractivity contribution is 0.0295. The Labute approximate surface area is 121 Å². The number of rotatable bonds is 6. The molecule has 0 aromatic heterocycles. The van der Waals surface area contributed by atoms with E-state index < -0.39 is 0 Å². The van der Waals surface area contributed by atoms with Crippen molar-refractivity contribution in [2.24, 2.45) is 0 Å². The van der Waals surface area contributed by atoms with E-state index in [9.17, 15) is 0 Å². The molecular formula is C16H24ClNO. The van der Waals surface area contributed by atoms with Crippen molar-refractivity contribution >= 4 is 11.6 Å². The maximum absolute atomic E-state index is 5.90. The summed E-state index contributed by atoms with van der Waals surface area (Å²) < 4.78 is 5.90. The second-order valence-electron chi connectivity index (χ2n) is 5.36. The first-order valence-electron chi connectivity index (χ1n) is 7.36. The van der Waals surface area contributed by atoms with E-state index in [2.05, 4.69) is 24.4 Å². The van der Waals surface area contributed by atoms with Gasteiger partial charge in [-0.25, -0.2) is 0 Å². The van der Waals surface area contributed by atoms with Gasteiger partial charge in [0, 0.05) is 17.6 Å². The van der Waals surface area contributed by atoms with Crippen LogP contribution in [0.15, 0.2) is 24.3 Å². The predicted octanol–water partition coefficient (Wildman–Crippen LogP) is 4.34. The molecule has 3 heteroatoms. The fraction of sp³-hybridized carbons (Fsp3) is 0.625. The van der Waals surface area contributed by atoms with Gasteiger partial charge in [0.2, 0.25) is 0 Å². The lowest BCUT2D eigenvalue weighted by Crippen LogP contribution is -2.26. The molecule has 1 aromatic rings. The molecule has 1 unspecified atom stereocenters. The van der Waals surface area contributed by atoms with E-state index in [0.29, 0.717) is 12.1 Å². The van der Waals surface area contributed by atoms with Crippen molar-refractivity contribution in [3.63, 3.8) is 0 Å². The average molecular weight is 282 g/mol. The first-order valence-corrected chi connectivity index (χ1v) is 7.74. The molecule has 0 heterocycles. The molecule has 1 aliphatic carbocycles. The molecule has 0 radical (unpaired) electrons. The SMILES string of the molecule is CC(NCCOC1CCCCC1)c1ccc(Cl)cc1. The molecule has 1 aromatic carbocycles. The lowest BCUT2D eigenvalue weighted by atomic mass is 9.98. The zero-order chi connectivity index (χ0) is 13.5. The number of halogens is 1. The highest BCUT2D eigenvalue weighted by Crippen LogP contribution is 2.20. The van der Waals surface area contributed by atoms with Gasteiger partial charge in [-0.2, -0.15) is 0 Å². The highest BCUT2D eigenvalue weighted by molar-refractivity contribution is 6.30. The maximum atomic E-state index is 5.90. The molecule has 0 bridgehead atoms. The Kier molecular flexibility index (Phi) is 6.15. The van der Waals surface area contributed by atoms with Crippen LogP contribution >= 0.6 is 11.6 Å². The summed E-state index contributed by atoms with van der Waals surface area (Å²) in [6.07, 6.45) is 7.03. The summed E-state index contributed by atoms with van der Waals surface area (Å²) in [6, 6.07) is 8.36. The van der Waals surface area contributed by atoms with Crippen LogP contribution in [0.25, 0.3) is 0 Å². The van der Waals surface area contributed by atoms with Crippen LogP contribution in [-0.2, 0) is 4.74 Å². The van der Waals surface area contributed by atoms with Gasteiger partial charge in [-0.1, -0.05) is 43.0 Å². The molecule has 2 nitrogen and oxygen atoms in total. The van der Waals surface area contributed by atoms with Crippen LogP contribution in [0.4, 0.5) is 0 Å². The highest BCUT2D eigenvalue weighted by atomic mass is 35.5. The molecule has 1 atom stereocenters.